The van der Waals surface area contributed by atoms with Crippen molar-refractivity contribution in [2.24, 2.45) is 5.92 Å². The predicted octanol–water partition coefficient (Wildman–Crippen LogP) is 4.13. The van der Waals surface area contributed by atoms with Crippen molar-refractivity contribution in [1.82, 2.24) is 24.5 Å². The molecule has 0 radical (unpaired) electrons. The Balaban J connectivity index is 1.29. The van der Waals surface area contributed by atoms with Crippen molar-refractivity contribution in [2.45, 2.75) is 51.5 Å². The van der Waals surface area contributed by atoms with E-state index < -0.39 is 0 Å². The monoisotopic (exact) mass is 433 g/mol. The van der Waals surface area contributed by atoms with Crippen molar-refractivity contribution in [2.75, 3.05) is 29.9 Å². The lowest BCUT2D eigenvalue weighted by Gasteiger charge is -2.41. The van der Waals surface area contributed by atoms with E-state index in [1.807, 2.05) is 41.8 Å². The van der Waals surface area contributed by atoms with Gasteiger partial charge in [0.25, 0.3) is 5.78 Å². The quantitative estimate of drug-likeness (QED) is 0.672. The molecule has 2 fully saturated rings. The zero-order valence-electron chi connectivity index (χ0n) is 18.7. The molecular formula is C24H31N7O. The molecule has 3 aromatic rings. The second kappa shape index (κ2) is 9.14. The molecule has 1 atom stereocenters. The molecule has 8 heteroatoms. The van der Waals surface area contributed by atoms with Gasteiger partial charge in [-0.3, -0.25) is 0 Å². The summed E-state index contributed by atoms with van der Waals surface area (Å²) in [5.74, 6) is 2.22. The van der Waals surface area contributed by atoms with Crippen molar-refractivity contribution in [3.8, 4) is 0 Å². The molecule has 2 aromatic heterocycles. The van der Waals surface area contributed by atoms with Crippen molar-refractivity contribution in [1.29, 1.82) is 0 Å². The summed E-state index contributed by atoms with van der Waals surface area (Å²) in [6, 6.07) is 12.2. The Bertz CT molecular complexity index is 1060. The van der Waals surface area contributed by atoms with Crippen LogP contribution in [0.3, 0.4) is 0 Å². The smallest absolute Gasteiger partial charge is 0.322 e. The van der Waals surface area contributed by atoms with Gasteiger partial charge in [-0.1, -0.05) is 31.0 Å². The van der Waals surface area contributed by atoms with Crippen LogP contribution in [0, 0.1) is 12.8 Å². The van der Waals surface area contributed by atoms with Crippen LogP contribution in [0.5, 0.6) is 0 Å². The van der Waals surface area contributed by atoms with Crippen LogP contribution < -0.4 is 10.2 Å². The molecule has 2 aliphatic heterocycles. The van der Waals surface area contributed by atoms with Crippen molar-refractivity contribution >= 4 is 23.3 Å². The van der Waals surface area contributed by atoms with Crippen LogP contribution in [-0.2, 0) is 0 Å². The van der Waals surface area contributed by atoms with Gasteiger partial charge in [0.05, 0.1) is 0 Å². The molecule has 2 amide bonds. The maximum atomic E-state index is 13.2. The number of nitrogens with zero attached hydrogens (tertiary/aromatic N) is 6. The number of carbonyl (C=O) groups is 1. The number of carbonyl (C=O) groups excluding carboxylic acids is 1. The highest BCUT2D eigenvalue weighted by Gasteiger charge is 2.34. The van der Waals surface area contributed by atoms with Gasteiger partial charge in [-0.2, -0.15) is 14.6 Å². The first kappa shape index (κ1) is 20.7. The van der Waals surface area contributed by atoms with E-state index in [1.165, 1.54) is 12.8 Å². The third kappa shape index (κ3) is 4.26. The molecule has 4 heterocycles. The number of para-hydroxylation sites is 1. The maximum Gasteiger partial charge on any atom is 0.322 e. The van der Waals surface area contributed by atoms with Gasteiger partial charge in [-0.05, 0) is 50.7 Å². The average molecular weight is 434 g/mol. The molecular weight excluding hydrogens is 402 g/mol. The molecule has 0 bridgehead atoms. The van der Waals surface area contributed by atoms with E-state index in [2.05, 4.69) is 36.2 Å². The van der Waals surface area contributed by atoms with E-state index in [0.29, 0.717) is 17.7 Å². The third-order valence-corrected chi connectivity index (χ3v) is 6.85. The number of aromatic nitrogens is 4. The lowest BCUT2D eigenvalue weighted by atomic mass is 9.86. The molecule has 0 saturated carbocycles. The van der Waals surface area contributed by atoms with Crippen LogP contribution in [0.25, 0.3) is 5.78 Å². The predicted molar refractivity (Wildman–Crippen MR) is 125 cm³/mol. The maximum absolute atomic E-state index is 13.2. The highest BCUT2D eigenvalue weighted by molar-refractivity contribution is 5.89. The second-order valence-corrected chi connectivity index (χ2v) is 8.96. The number of nitrogens with one attached hydrogen (secondary N) is 1. The zero-order chi connectivity index (χ0) is 21.9. The molecule has 8 nitrogen and oxygen atoms in total. The van der Waals surface area contributed by atoms with E-state index in [1.54, 1.807) is 6.33 Å². The number of likely N-dealkylation sites (tertiary alicyclic amines) is 1. The standard InChI is InChI=1S/C24H31N7O/c1-18-16-22(31-23(27-18)25-17-26-31)29-14-11-19(12-15-29)21-10-6-3-7-13-30(21)24(32)28-20-8-4-2-5-9-20/h2,4-5,8-9,16-17,19,21H,3,6-7,10-15H2,1H3,(H,28,32). The normalized spacial score (nSPS) is 20.3. The first-order chi connectivity index (χ1) is 15.7. The molecule has 1 unspecified atom stereocenters. The minimum atomic E-state index is 0.0413. The number of hydrogen-bond donors (Lipinski definition) is 1. The molecule has 5 rings (SSSR count). The van der Waals surface area contributed by atoms with Gasteiger partial charge in [0.15, 0.2) is 0 Å². The van der Waals surface area contributed by atoms with Gasteiger partial charge in [-0.15, -0.1) is 0 Å². The van der Waals surface area contributed by atoms with E-state index in [4.69, 9.17) is 0 Å². The van der Waals surface area contributed by atoms with Crippen LogP contribution in [0.4, 0.5) is 16.3 Å². The second-order valence-electron chi connectivity index (χ2n) is 8.96. The van der Waals surface area contributed by atoms with Gasteiger partial charge in [0, 0.05) is 43.1 Å². The van der Waals surface area contributed by atoms with E-state index in [0.717, 1.165) is 62.5 Å². The summed E-state index contributed by atoms with van der Waals surface area (Å²) in [4.78, 5) is 26.4. The number of hydrogen-bond acceptors (Lipinski definition) is 5. The molecule has 1 N–H and O–H groups in total. The molecule has 0 spiro atoms. The fourth-order valence-corrected chi connectivity index (χ4v) is 5.24. The number of piperidine rings is 1. The Hall–Kier alpha value is -3.16. The van der Waals surface area contributed by atoms with Crippen LogP contribution in [0.1, 0.15) is 44.2 Å². The summed E-state index contributed by atoms with van der Waals surface area (Å²) in [6.07, 6.45) is 8.27. The highest BCUT2D eigenvalue weighted by Crippen LogP contribution is 2.32. The lowest BCUT2D eigenvalue weighted by Crippen LogP contribution is -2.49. The Morgan fingerprint density at radius 1 is 1.03 bits per heavy atom. The van der Waals surface area contributed by atoms with Crippen molar-refractivity contribution in [3.63, 3.8) is 0 Å². The van der Waals surface area contributed by atoms with E-state index >= 15 is 0 Å². The van der Waals surface area contributed by atoms with Crippen LogP contribution in [0.2, 0.25) is 0 Å². The fourth-order valence-electron chi connectivity index (χ4n) is 5.24. The van der Waals surface area contributed by atoms with E-state index in [9.17, 15) is 4.79 Å². The third-order valence-electron chi connectivity index (χ3n) is 6.85. The van der Waals surface area contributed by atoms with Gasteiger partial charge in [-0.25, -0.2) is 9.78 Å². The van der Waals surface area contributed by atoms with E-state index in [-0.39, 0.29) is 6.03 Å². The number of urea groups is 1. The number of benzene rings is 1. The Kier molecular flexibility index (Phi) is 5.92. The zero-order valence-corrected chi connectivity index (χ0v) is 18.7. The number of anilines is 2. The Labute approximate surface area is 188 Å². The number of fused-ring (bicyclic) bond motifs is 1. The van der Waals surface area contributed by atoms with Crippen molar-refractivity contribution in [3.05, 3.63) is 48.4 Å². The summed E-state index contributed by atoms with van der Waals surface area (Å²) in [5.41, 5.74) is 1.82. The molecule has 32 heavy (non-hydrogen) atoms. The fraction of sp³-hybridized carbons (Fsp3) is 0.500. The number of rotatable bonds is 3. The summed E-state index contributed by atoms with van der Waals surface area (Å²) in [7, 11) is 0. The topological polar surface area (TPSA) is 78.7 Å². The summed E-state index contributed by atoms with van der Waals surface area (Å²) >= 11 is 0. The first-order valence-electron chi connectivity index (χ1n) is 11.7. The Morgan fingerprint density at radius 2 is 1.84 bits per heavy atom. The molecule has 2 aliphatic rings. The van der Waals surface area contributed by atoms with Crippen LogP contribution >= 0.6 is 0 Å². The minimum absolute atomic E-state index is 0.0413. The minimum Gasteiger partial charge on any atom is -0.356 e. The highest BCUT2D eigenvalue weighted by atomic mass is 16.2. The lowest BCUT2D eigenvalue weighted by molar-refractivity contribution is 0.146. The summed E-state index contributed by atoms with van der Waals surface area (Å²) < 4.78 is 1.83. The number of aryl methyl sites for hydroxylation is 1. The summed E-state index contributed by atoms with van der Waals surface area (Å²) in [6.45, 7) is 4.74. The molecule has 1 aromatic carbocycles. The Morgan fingerprint density at radius 3 is 2.66 bits per heavy atom. The molecule has 168 valence electrons. The van der Waals surface area contributed by atoms with Gasteiger partial charge in [0.1, 0.15) is 12.1 Å². The average Bonchev–Trinajstić information content (AvgIpc) is 3.14. The van der Waals surface area contributed by atoms with Crippen molar-refractivity contribution < 1.29 is 4.79 Å². The molecule has 2 saturated heterocycles. The molecule has 0 aliphatic carbocycles. The first-order valence-corrected chi connectivity index (χ1v) is 11.7. The van der Waals surface area contributed by atoms with Gasteiger partial charge in [0.2, 0.25) is 0 Å². The SMILES string of the molecule is Cc1cc(N2CCC(C3CCCCCN3C(=O)Nc3ccccc3)CC2)n2ncnc2n1. The van der Waals surface area contributed by atoms with Gasteiger partial charge >= 0.3 is 6.03 Å². The van der Waals surface area contributed by atoms with Gasteiger partial charge < -0.3 is 15.1 Å². The largest absolute Gasteiger partial charge is 0.356 e. The van der Waals surface area contributed by atoms with Crippen LogP contribution in [0.15, 0.2) is 42.7 Å². The number of amides is 2. The summed E-state index contributed by atoms with van der Waals surface area (Å²) in [5, 5.41) is 7.49. The van der Waals surface area contributed by atoms with Crippen LogP contribution in [-0.4, -0.2) is 56.2 Å².